The number of aromatic amines is 1. The molecule has 1 aromatic carbocycles. The predicted molar refractivity (Wildman–Crippen MR) is 104 cm³/mol. The number of benzene rings is 1. The Morgan fingerprint density at radius 2 is 2.00 bits per heavy atom. The van der Waals surface area contributed by atoms with Crippen LogP contribution in [0.5, 0.6) is 0 Å². The molecule has 1 aliphatic heterocycles. The summed E-state index contributed by atoms with van der Waals surface area (Å²) in [6.07, 6.45) is 4.41. The normalized spacial score (nSPS) is 17.1. The van der Waals surface area contributed by atoms with Crippen molar-refractivity contribution in [2.45, 2.75) is 65.1 Å². The second-order valence-electron chi connectivity index (χ2n) is 8.44. The molecule has 3 rings (SSSR count). The van der Waals surface area contributed by atoms with E-state index >= 15 is 0 Å². The van der Waals surface area contributed by atoms with E-state index in [0.29, 0.717) is 6.04 Å². The van der Waals surface area contributed by atoms with Crippen LogP contribution < -0.4 is 5.32 Å². The van der Waals surface area contributed by atoms with Crippen molar-refractivity contribution in [1.82, 2.24) is 20.4 Å². The van der Waals surface area contributed by atoms with Crippen LogP contribution >= 0.6 is 0 Å². The summed E-state index contributed by atoms with van der Waals surface area (Å²) in [5, 5.41) is 11.2. The highest BCUT2D eigenvalue weighted by Gasteiger charge is 2.22. The van der Waals surface area contributed by atoms with E-state index in [4.69, 9.17) is 0 Å². The van der Waals surface area contributed by atoms with Gasteiger partial charge in [0.1, 0.15) is 0 Å². The number of likely N-dealkylation sites (tertiary alicyclic amines) is 1. The topological polar surface area (TPSA) is 44.0 Å². The summed E-state index contributed by atoms with van der Waals surface area (Å²) in [7, 11) is 0. The average molecular weight is 341 g/mol. The third-order valence-corrected chi connectivity index (χ3v) is 5.13. The van der Waals surface area contributed by atoms with E-state index in [1.165, 1.54) is 48.3 Å². The van der Waals surface area contributed by atoms with Gasteiger partial charge in [-0.3, -0.25) is 10.00 Å². The van der Waals surface area contributed by atoms with Gasteiger partial charge in [-0.1, -0.05) is 50.6 Å². The molecule has 1 saturated heterocycles. The SMILES string of the molecule is Cc1cccc(CN2CCC(NCc3cn[nH]c3C(C)(C)C)CC2)c1. The van der Waals surface area contributed by atoms with E-state index in [2.05, 4.69) is 72.4 Å². The summed E-state index contributed by atoms with van der Waals surface area (Å²) >= 11 is 0. The maximum Gasteiger partial charge on any atom is 0.0535 e. The van der Waals surface area contributed by atoms with E-state index in [9.17, 15) is 0 Å². The fourth-order valence-corrected chi connectivity index (χ4v) is 3.71. The number of rotatable bonds is 5. The predicted octanol–water partition coefficient (Wildman–Crippen LogP) is 3.77. The molecule has 1 aromatic heterocycles. The van der Waals surface area contributed by atoms with Crippen molar-refractivity contribution in [3.8, 4) is 0 Å². The Bertz CT molecular complexity index is 675. The lowest BCUT2D eigenvalue weighted by Crippen LogP contribution is -2.42. The lowest BCUT2D eigenvalue weighted by molar-refractivity contribution is 0.190. The van der Waals surface area contributed by atoms with Gasteiger partial charge in [0.05, 0.1) is 6.20 Å². The Labute approximate surface area is 152 Å². The number of piperidine rings is 1. The molecule has 0 saturated carbocycles. The van der Waals surface area contributed by atoms with Gasteiger partial charge in [-0.15, -0.1) is 0 Å². The van der Waals surface area contributed by atoms with E-state index in [-0.39, 0.29) is 5.41 Å². The molecule has 0 bridgehead atoms. The Balaban J connectivity index is 1.46. The van der Waals surface area contributed by atoms with Gasteiger partial charge < -0.3 is 5.32 Å². The molecule has 25 heavy (non-hydrogen) atoms. The number of H-pyrrole nitrogens is 1. The summed E-state index contributed by atoms with van der Waals surface area (Å²) in [6.45, 7) is 13.2. The quantitative estimate of drug-likeness (QED) is 0.871. The molecule has 0 radical (unpaired) electrons. The number of aryl methyl sites for hydroxylation is 1. The van der Waals surface area contributed by atoms with Crippen LogP contribution in [0.25, 0.3) is 0 Å². The Morgan fingerprint density at radius 3 is 2.68 bits per heavy atom. The third-order valence-electron chi connectivity index (χ3n) is 5.13. The molecule has 0 amide bonds. The molecule has 136 valence electrons. The zero-order valence-electron chi connectivity index (χ0n) is 16.1. The number of aromatic nitrogens is 2. The van der Waals surface area contributed by atoms with Crippen molar-refractivity contribution in [2.75, 3.05) is 13.1 Å². The van der Waals surface area contributed by atoms with Crippen molar-refractivity contribution < 1.29 is 0 Å². The van der Waals surface area contributed by atoms with Crippen LogP contribution in [0.1, 0.15) is 56.0 Å². The second-order valence-corrected chi connectivity index (χ2v) is 8.44. The van der Waals surface area contributed by atoms with E-state index in [1.807, 2.05) is 6.20 Å². The maximum absolute atomic E-state index is 4.25. The summed E-state index contributed by atoms with van der Waals surface area (Å²) in [5.41, 5.74) is 5.44. The van der Waals surface area contributed by atoms with Crippen LogP contribution in [0.3, 0.4) is 0 Å². The molecular weight excluding hydrogens is 308 g/mol. The lowest BCUT2D eigenvalue weighted by Gasteiger charge is -2.32. The van der Waals surface area contributed by atoms with Gasteiger partial charge >= 0.3 is 0 Å². The summed E-state index contributed by atoms with van der Waals surface area (Å²) in [4.78, 5) is 2.57. The van der Waals surface area contributed by atoms with Crippen LogP contribution in [-0.2, 0) is 18.5 Å². The largest absolute Gasteiger partial charge is 0.310 e. The van der Waals surface area contributed by atoms with Crippen molar-refractivity contribution in [3.63, 3.8) is 0 Å². The molecule has 0 atom stereocenters. The number of hydrogen-bond donors (Lipinski definition) is 2. The first-order chi connectivity index (χ1) is 11.9. The van der Waals surface area contributed by atoms with Crippen LogP contribution in [0.2, 0.25) is 0 Å². The van der Waals surface area contributed by atoms with Gasteiger partial charge in [0, 0.05) is 35.8 Å². The molecular formula is C21H32N4. The summed E-state index contributed by atoms with van der Waals surface area (Å²) < 4.78 is 0. The van der Waals surface area contributed by atoms with Crippen molar-refractivity contribution in [1.29, 1.82) is 0 Å². The van der Waals surface area contributed by atoms with Crippen LogP contribution in [0.4, 0.5) is 0 Å². The molecule has 0 aliphatic carbocycles. The fourth-order valence-electron chi connectivity index (χ4n) is 3.71. The van der Waals surface area contributed by atoms with E-state index in [0.717, 1.165) is 13.1 Å². The smallest absolute Gasteiger partial charge is 0.0535 e. The van der Waals surface area contributed by atoms with Gasteiger partial charge in [-0.2, -0.15) is 5.10 Å². The van der Waals surface area contributed by atoms with Gasteiger partial charge in [0.15, 0.2) is 0 Å². The molecule has 1 aliphatic rings. The molecule has 2 heterocycles. The third kappa shape index (κ3) is 4.93. The molecule has 0 unspecified atom stereocenters. The van der Waals surface area contributed by atoms with Crippen LogP contribution in [0, 0.1) is 6.92 Å². The van der Waals surface area contributed by atoms with Crippen LogP contribution in [-0.4, -0.2) is 34.2 Å². The summed E-state index contributed by atoms with van der Waals surface area (Å²) in [6, 6.07) is 9.48. The average Bonchev–Trinajstić information content (AvgIpc) is 3.03. The molecule has 4 heteroatoms. The molecule has 2 N–H and O–H groups in total. The first-order valence-corrected chi connectivity index (χ1v) is 9.46. The first-order valence-electron chi connectivity index (χ1n) is 9.46. The van der Waals surface area contributed by atoms with E-state index < -0.39 is 0 Å². The van der Waals surface area contributed by atoms with E-state index in [1.54, 1.807) is 0 Å². The highest BCUT2D eigenvalue weighted by Crippen LogP contribution is 2.23. The highest BCUT2D eigenvalue weighted by molar-refractivity contribution is 5.23. The second kappa shape index (κ2) is 7.71. The van der Waals surface area contributed by atoms with Crippen molar-refractivity contribution in [2.24, 2.45) is 0 Å². The van der Waals surface area contributed by atoms with Gasteiger partial charge in [0.2, 0.25) is 0 Å². The molecule has 4 nitrogen and oxygen atoms in total. The Hall–Kier alpha value is -1.65. The highest BCUT2D eigenvalue weighted by atomic mass is 15.1. The molecule has 1 fully saturated rings. The standard InChI is InChI=1S/C21H32N4/c1-16-6-5-7-17(12-16)15-25-10-8-19(9-11-25)22-13-18-14-23-24-20(18)21(2,3)4/h5-7,12,14,19,22H,8-11,13,15H2,1-4H3,(H,23,24). The van der Waals surface area contributed by atoms with Crippen LogP contribution in [0.15, 0.2) is 30.5 Å². The van der Waals surface area contributed by atoms with Gasteiger partial charge in [0.25, 0.3) is 0 Å². The summed E-state index contributed by atoms with van der Waals surface area (Å²) in [5.74, 6) is 0. The Morgan fingerprint density at radius 1 is 1.24 bits per heavy atom. The first kappa shape index (κ1) is 18.2. The van der Waals surface area contributed by atoms with Crippen molar-refractivity contribution >= 4 is 0 Å². The zero-order valence-corrected chi connectivity index (χ0v) is 16.1. The molecule has 0 spiro atoms. The molecule has 2 aromatic rings. The zero-order chi connectivity index (χ0) is 17.9. The Kier molecular flexibility index (Phi) is 5.60. The number of nitrogens with one attached hydrogen (secondary N) is 2. The minimum absolute atomic E-state index is 0.116. The lowest BCUT2D eigenvalue weighted by atomic mass is 9.89. The van der Waals surface area contributed by atoms with Gasteiger partial charge in [-0.05, 0) is 38.4 Å². The minimum atomic E-state index is 0.116. The number of nitrogens with zero attached hydrogens (tertiary/aromatic N) is 2. The van der Waals surface area contributed by atoms with Gasteiger partial charge in [-0.25, -0.2) is 0 Å². The monoisotopic (exact) mass is 340 g/mol. The minimum Gasteiger partial charge on any atom is -0.310 e. The fraction of sp³-hybridized carbons (Fsp3) is 0.571. The number of hydrogen-bond acceptors (Lipinski definition) is 3. The maximum atomic E-state index is 4.25. The van der Waals surface area contributed by atoms with Crippen molar-refractivity contribution in [3.05, 3.63) is 52.8 Å².